The van der Waals surface area contributed by atoms with Crippen molar-refractivity contribution in [3.63, 3.8) is 0 Å². The van der Waals surface area contributed by atoms with Gasteiger partial charge in [0.05, 0.1) is 5.56 Å². The number of para-hydroxylation sites is 1. The first-order valence-electron chi connectivity index (χ1n) is 6.95. The molecule has 0 fully saturated rings. The Morgan fingerprint density at radius 3 is 2.75 bits per heavy atom. The SMILES string of the molecule is O=Cc1ccc(-c2cccc3c4c(oc23)CCCC4)o1. The molecule has 20 heavy (non-hydrogen) atoms. The number of hydrogen-bond acceptors (Lipinski definition) is 3. The number of rotatable bonds is 2. The number of carbonyl (C=O) groups excluding carboxylic acids is 1. The molecule has 3 nitrogen and oxygen atoms in total. The molecule has 0 radical (unpaired) electrons. The van der Waals surface area contributed by atoms with Crippen LogP contribution in [0.4, 0.5) is 0 Å². The Morgan fingerprint density at radius 1 is 1.00 bits per heavy atom. The fraction of sp³-hybridized carbons (Fsp3) is 0.235. The van der Waals surface area contributed by atoms with E-state index in [0.29, 0.717) is 11.5 Å². The molecule has 3 heteroatoms. The number of aldehydes is 1. The largest absolute Gasteiger partial charge is 0.460 e. The summed E-state index contributed by atoms with van der Waals surface area (Å²) in [5.74, 6) is 2.14. The molecule has 0 saturated heterocycles. The van der Waals surface area contributed by atoms with Crippen LogP contribution in [0.25, 0.3) is 22.3 Å². The van der Waals surface area contributed by atoms with Crippen LogP contribution in [0.1, 0.15) is 34.7 Å². The van der Waals surface area contributed by atoms with Gasteiger partial charge in [0, 0.05) is 17.4 Å². The lowest BCUT2D eigenvalue weighted by molar-refractivity contribution is 0.110. The maximum absolute atomic E-state index is 10.8. The lowest BCUT2D eigenvalue weighted by Crippen LogP contribution is -1.98. The number of furan rings is 2. The highest BCUT2D eigenvalue weighted by Crippen LogP contribution is 2.37. The minimum Gasteiger partial charge on any atom is -0.460 e. The van der Waals surface area contributed by atoms with E-state index in [-0.39, 0.29) is 0 Å². The fourth-order valence-electron chi connectivity index (χ4n) is 3.04. The van der Waals surface area contributed by atoms with Crippen LogP contribution >= 0.6 is 0 Å². The Labute approximate surface area is 116 Å². The van der Waals surface area contributed by atoms with Crippen LogP contribution in [0, 0.1) is 0 Å². The van der Waals surface area contributed by atoms with Crippen LogP contribution in [0.3, 0.4) is 0 Å². The standard InChI is InChI=1S/C17H14O3/c18-10-11-8-9-16(19-11)14-6-3-5-13-12-4-1-2-7-15(12)20-17(13)14/h3,5-6,8-10H,1-2,4,7H2. The Hall–Kier alpha value is -2.29. The summed E-state index contributed by atoms with van der Waals surface area (Å²) in [4.78, 5) is 10.8. The molecule has 1 aromatic carbocycles. The van der Waals surface area contributed by atoms with Gasteiger partial charge in [-0.2, -0.15) is 0 Å². The van der Waals surface area contributed by atoms with Gasteiger partial charge in [0.15, 0.2) is 12.0 Å². The number of benzene rings is 1. The molecule has 4 rings (SSSR count). The minimum atomic E-state index is 0.341. The maximum atomic E-state index is 10.8. The predicted molar refractivity (Wildman–Crippen MR) is 75.9 cm³/mol. The Bertz CT molecular complexity index is 792. The van der Waals surface area contributed by atoms with Crippen LogP contribution in [0.15, 0.2) is 39.2 Å². The van der Waals surface area contributed by atoms with Crippen molar-refractivity contribution in [3.8, 4) is 11.3 Å². The predicted octanol–water partition coefficient (Wildman–Crippen LogP) is 4.38. The van der Waals surface area contributed by atoms with Gasteiger partial charge in [-0.05, 0) is 37.5 Å². The second-order valence-corrected chi connectivity index (χ2v) is 5.21. The number of hydrogen-bond donors (Lipinski definition) is 0. The molecule has 0 atom stereocenters. The van der Waals surface area contributed by atoms with Crippen molar-refractivity contribution in [2.75, 3.05) is 0 Å². The van der Waals surface area contributed by atoms with Crippen LogP contribution in [0.2, 0.25) is 0 Å². The fourth-order valence-corrected chi connectivity index (χ4v) is 3.04. The molecule has 0 amide bonds. The van der Waals surface area contributed by atoms with E-state index in [1.54, 1.807) is 6.07 Å². The highest BCUT2D eigenvalue weighted by molar-refractivity contribution is 5.94. The maximum Gasteiger partial charge on any atom is 0.185 e. The normalized spacial score (nSPS) is 14.4. The zero-order valence-corrected chi connectivity index (χ0v) is 11.0. The van der Waals surface area contributed by atoms with Crippen molar-refractivity contribution in [3.05, 3.63) is 47.4 Å². The van der Waals surface area contributed by atoms with Gasteiger partial charge in [-0.15, -0.1) is 0 Å². The third-order valence-electron chi connectivity index (χ3n) is 3.99. The first kappa shape index (κ1) is 11.5. The number of fused-ring (bicyclic) bond motifs is 3. The van der Waals surface area contributed by atoms with Crippen LogP contribution < -0.4 is 0 Å². The van der Waals surface area contributed by atoms with Crippen molar-refractivity contribution < 1.29 is 13.6 Å². The Balaban J connectivity index is 1.95. The van der Waals surface area contributed by atoms with E-state index in [1.807, 2.05) is 18.2 Å². The van der Waals surface area contributed by atoms with Gasteiger partial charge in [0.2, 0.25) is 0 Å². The van der Waals surface area contributed by atoms with E-state index in [2.05, 4.69) is 6.07 Å². The molecule has 0 spiro atoms. The summed E-state index contributed by atoms with van der Waals surface area (Å²) < 4.78 is 11.6. The molecule has 100 valence electrons. The molecule has 2 heterocycles. The molecule has 0 saturated carbocycles. The van der Waals surface area contributed by atoms with E-state index in [1.165, 1.54) is 23.8 Å². The van der Waals surface area contributed by atoms with Crippen molar-refractivity contribution in [1.29, 1.82) is 0 Å². The van der Waals surface area contributed by atoms with Crippen molar-refractivity contribution in [1.82, 2.24) is 0 Å². The Morgan fingerprint density at radius 2 is 1.90 bits per heavy atom. The molecule has 2 aromatic heterocycles. The van der Waals surface area contributed by atoms with Gasteiger partial charge in [-0.3, -0.25) is 4.79 Å². The third-order valence-corrected chi connectivity index (χ3v) is 3.99. The zero-order chi connectivity index (χ0) is 13.5. The number of carbonyl (C=O) groups is 1. The summed E-state index contributed by atoms with van der Waals surface area (Å²) >= 11 is 0. The van der Waals surface area contributed by atoms with Crippen LogP contribution in [-0.4, -0.2) is 6.29 Å². The summed E-state index contributed by atoms with van der Waals surface area (Å²) in [6.45, 7) is 0. The summed E-state index contributed by atoms with van der Waals surface area (Å²) in [6.07, 6.45) is 5.24. The van der Waals surface area contributed by atoms with E-state index >= 15 is 0 Å². The molecule has 1 aliphatic carbocycles. The molecule has 0 bridgehead atoms. The average Bonchev–Trinajstić information content (AvgIpc) is 3.11. The summed E-state index contributed by atoms with van der Waals surface area (Å²) in [6, 6.07) is 9.61. The van der Waals surface area contributed by atoms with Crippen molar-refractivity contribution >= 4 is 17.3 Å². The smallest absolute Gasteiger partial charge is 0.185 e. The number of aryl methyl sites for hydroxylation is 2. The second kappa shape index (κ2) is 4.37. The van der Waals surface area contributed by atoms with Crippen molar-refractivity contribution in [2.45, 2.75) is 25.7 Å². The van der Waals surface area contributed by atoms with Gasteiger partial charge in [0.25, 0.3) is 0 Å². The summed E-state index contributed by atoms with van der Waals surface area (Å²) in [7, 11) is 0. The molecule has 1 aliphatic rings. The zero-order valence-electron chi connectivity index (χ0n) is 11.0. The van der Waals surface area contributed by atoms with Crippen LogP contribution in [-0.2, 0) is 12.8 Å². The average molecular weight is 266 g/mol. The van der Waals surface area contributed by atoms with E-state index in [0.717, 1.165) is 36.0 Å². The van der Waals surface area contributed by atoms with Crippen molar-refractivity contribution in [2.24, 2.45) is 0 Å². The molecule has 0 unspecified atom stereocenters. The second-order valence-electron chi connectivity index (χ2n) is 5.21. The molecular weight excluding hydrogens is 252 g/mol. The molecule has 0 N–H and O–H groups in total. The lowest BCUT2D eigenvalue weighted by atomic mass is 9.95. The van der Waals surface area contributed by atoms with E-state index in [4.69, 9.17) is 8.83 Å². The summed E-state index contributed by atoms with van der Waals surface area (Å²) in [5, 5.41) is 1.18. The highest BCUT2D eigenvalue weighted by atomic mass is 16.4. The van der Waals surface area contributed by atoms with Gasteiger partial charge < -0.3 is 8.83 Å². The highest BCUT2D eigenvalue weighted by Gasteiger charge is 2.20. The minimum absolute atomic E-state index is 0.341. The van der Waals surface area contributed by atoms with Gasteiger partial charge in [0.1, 0.15) is 17.1 Å². The van der Waals surface area contributed by atoms with Gasteiger partial charge in [-0.25, -0.2) is 0 Å². The topological polar surface area (TPSA) is 43.4 Å². The van der Waals surface area contributed by atoms with E-state index < -0.39 is 0 Å². The monoisotopic (exact) mass is 266 g/mol. The lowest BCUT2D eigenvalue weighted by Gasteiger charge is -2.08. The molecule has 0 aliphatic heterocycles. The van der Waals surface area contributed by atoms with Gasteiger partial charge in [-0.1, -0.05) is 12.1 Å². The van der Waals surface area contributed by atoms with E-state index in [9.17, 15) is 4.79 Å². The summed E-state index contributed by atoms with van der Waals surface area (Å²) in [5.41, 5.74) is 3.14. The molecule has 3 aromatic rings. The quantitative estimate of drug-likeness (QED) is 0.646. The Kier molecular flexibility index (Phi) is 2.52. The molecular formula is C17H14O3. The first-order chi connectivity index (χ1) is 9.86. The van der Waals surface area contributed by atoms with Gasteiger partial charge >= 0.3 is 0 Å². The first-order valence-corrected chi connectivity index (χ1v) is 6.95. The van der Waals surface area contributed by atoms with Crippen LogP contribution in [0.5, 0.6) is 0 Å². The third kappa shape index (κ3) is 1.63.